The summed E-state index contributed by atoms with van der Waals surface area (Å²) in [6.45, 7) is 0. The van der Waals surface area contributed by atoms with Crippen molar-refractivity contribution < 1.29 is 9.72 Å². The highest BCUT2D eigenvalue weighted by atomic mass is 35.5. The summed E-state index contributed by atoms with van der Waals surface area (Å²) in [6.07, 6.45) is 0. The molecule has 1 N–H and O–H groups in total. The van der Waals surface area contributed by atoms with Crippen molar-refractivity contribution >= 4 is 50.4 Å². The number of nitrogens with zero attached hydrogens (tertiary/aromatic N) is 2. The normalized spacial score (nSPS) is 10.8. The summed E-state index contributed by atoms with van der Waals surface area (Å²) in [5, 5.41) is 14.4. The molecule has 3 aromatic carbocycles. The van der Waals surface area contributed by atoms with Gasteiger partial charge in [0.1, 0.15) is 10.0 Å². The van der Waals surface area contributed by atoms with Gasteiger partial charge < -0.3 is 5.32 Å². The second kappa shape index (κ2) is 7.38. The van der Waals surface area contributed by atoms with Crippen LogP contribution in [0.25, 0.3) is 20.8 Å². The lowest BCUT2D eigenvalue weighted by atomic mass is 10.1. The lowest BCUT2D eigenvalue weighted by molar-refractivity contribution is -0.384. The fourth-order valence-electron chi connectivity index (χ4n) is 2.76. The molecule has 0 aliphatic carbocycles. The molecule has 28 heavy (non-hydrogen) atoms. The Morgan fingerprint density at radius 2 is 1.82 bits per heavy atom. The molecule has 8 heteroatoms. The van der Waals surface area contributed by atoms with Gasteiger partial charge in [0.25, 0.3) is 11.6 Å². The van der Waals surface area contributed by atoms with Crippen molar-refractivity contribution in [2.75, 3.05) is 5.32 Å². The van der Waals surface area contributed by atoms with Crippen LogP contribution in [0.1, 0.15) is 10.4 Å². The maximum absolute atomic E-state index is 12.6. The van der Waals surface area contributed by atoms with Gasteiger partial charge in [-0.2, -0.15) is 0 Å². The Morgan fingerprint density at radius 3 is 2.57 bits per heavy atom. The first-order chi connectivity index (χ1) is 13.5. The lowest BCUT2D eigenvalue weighted by Gasteiger charge is -2.09. The molecule has 6 nitrogen and oxygen atoms in total. The van der Waals surface area contributed by atoms with E-state index in [4.69, 9.17) is 11.6 Å². The first kappa shape index (κ1) is 18.1. The van der Waals surface area contributed by atoms with Crippen LogP contribution in [0.3, 0.4) is 0 Å². The van der Waals surface area contributed by atoms with Gasteiger partial charge in [0.2, 0.25) is 0 Å². The van der Waals surface area contributed by atoms with Crippen LogP contribution in [0.4, 0.5) is 11.4 Å². The van der Waals surface area contributed by atoms with E-state index >= 15 is 0 Å². The fourth-order valence-corrected chi connectivity index (χ4v) is 4.01. The predicted molar refractivity (Wildman–Crippen MR) is 111 cm³/mol. The Hall–Kier alpha value is -3.29. The maximum Gasteiger partial charge on any atom is 0.287 e. The Labute approximate surface area is 168 Å². The Bertz CT molecular complexity index is 1190. The number of thiazole rings is 1. The van der Waals surface area contributed by atoms with Crippen LogP contribution in [0.2, 0.25) is 5.02 Å². The van der Waals surface area contributed by atoms with E-state index in [-0.39, 0.29) is 16.3 Å². The minimum atomic E-state index is -0.591. The van der Waals surface area contributed by atoms with Crippen molar-refractivity contribution in [1.29, 1.82) is 0 Å². The molecule has 0 unspecified atom stereocenters. The van der Waals surface area contributed by atoms with E-state index in [1.807, 2.05) is 42.5 Å². The third-order valence-corrected chi connectivity index (χ3v) is 5.48. The van der Waals surface area contributed by atoms with Crippen molar-refractivity contribution in [3.05, 3.63) is 87.4 Å². The molecule has 0 fully saturated rings. The number of halogens is 1. The molecule has 0 aliphatic rings. The number of hydrogen-bond donors (Lipinski definition) is 1. The Morgan fingerprint density at radius 1 is 1.07 bits per heavy atom. The molecule has 1 aromatic heterocycles. The van der Waals surface area contributed by atoms with Gasteiger partial charge in [-0.15, -0.1) is 11.3 Å². The number of fused-ring (bicyclic) bond motifs is 1. The van der Waals surface area contributed by atoms with Gasteiger partial charge in [0.15, 0.2) is 0 Å². The summed E-state index contributed by atoms with van der Waals surface area (Å²) >= 11 is 7.45. The average molecular weight is 410 g/mol. The van der Waals surface area contributed by atoms with Crippen molar-refractivity contribution in [3.8, 4) is 10.6 Å². The van der Waals surface area contributed by atoms with E-state index < -0.39 is 10.8 Å². The Balaban J connectivity index is 1.66. The average Bonchev–Trinajstić information content (AvgIpc) is 3.12. The number of rotatable bonds is 4. The number of amides is 1. The third kappa shape index (κ3) is 3.45. The quantitative estimate of drug-likeness (QED) is 0.342. The van der Waals surface area contributed by atoms with Gasteiger partial charge in [-0.25, -0.2) is 4.98 Å². The fraction of sp³-hybridized carbons (Fsp3) is 0. The molecule has 0 spiro atoms. The van der Waals surface area contributed by atoms with Crippen molar-refractivity contribution in [2.45, 2.75) is 0 Å². The van der Waals surface area contributed by atoms with Crippen LogP contribution >= 0.6 is 22.9 Å². The largest absolute Gasteiger partial charge is 0.321 e. The molecule has 4 aromatic rings. The van der Waals surface area contributed by atoms with Crippen LogP contribution < -0.4 is 5.32 Å². The maximum atomic E-state index is 12.6. The van der Waals surface area contributed by atoms with Gasteiger partial charge in [-0.05, 0) is 36.4 Å². The van der Waals surface area contributed by atoms with Gasteiger partial charge >= 0.3 is 0 Å². The number of nitro benzene ring substituents is 1. The monoisotopic (exact) mass is 409 g/mol. The zero-order valence-corrected chi connectivity index (χ0v) is 15.8. The second-order valence-electron chi connectivity index (χ2n) is 5.91. The van der Waals surface area contributed by atoms with Crippen LogP contribution in [0.15, 0.2) is 66.7 Å². The molecule has 0 aliphatic heterocycles. The predicted octanol–water partition coefficient (Wildman–Crippen LogP) is 5.78. The summed E-state index contributed by atoms with van der Waals surface area (Å²) in [7, 11) is 0. The van der Waals surface area contributed by atoms with E-state index in [2.05, 4.69) is 10.3 Å². The second-order valence-corrected chi connectivity index (χ2v) is 7.35. The van der Waals surface area contributed by atoms with Crippen molar-refractivity contribution in [1.82, 2.24) is 4.98 Å². The molecular weight excluding hydrogens is 398 g/mol. The van der Waals surface area contributed by atoms with Crippen LogP contribution in [-0.4, -0.2) is 15.8 Å². The number of aromatic nitrogens is 1. The number of hydrogen-bond acceptors (Lipinski definition) is 5. The number of carbonyl (C=O) groups is 1. The number of para-hydroxylation sites is 2. The van der Waals surface area contributed by atoms with Crippen molar-refractivity contribution in [3.63, 3.8) is 0 Å². The molecule has 4 rings (SSSR count). The molecule has 0 bridgehead atoms. The molecule has 138 valence electrons. The summed E-state index contributed by atoms with van der Waals surface area (Å²) in [5.74, 6) is -0.412. The van der Waals surface area contributed by atoms with Gasteiger partial charge in [0, 0.05) is 17.2 Å². The molecule has 0 atom stereocenters. The minimum Gasteiger partial charge on any atom is -0.321 e. The highest BCUT2D eigenvalue weighted by Crippen LogP contribution is 2.34. The van der Waals surface area contributed by atoms with Crippen LogP contribution in [0.5, 0.6) is 0 Å². The van der Waals surface area contributed by atoms with Crippen LogP contribution in [0, 0.1) is 10.1 Å². The standard InChI is InChI=1S/C20H12ClN3O3S/c21-14-11-12(9-10-17(14)24(26)27)19(25)22-15-6-2-1-5-13(15)20-23-16-7-3-4-8-18(16)28-20/h1-11H,(H,22,25). The van der Waals surface area contributed by atoms with Gasteiger partial charge in [-0.1, -0.05) is 35.9 Å². The molecule has 0 radical (unpaired) electrons. The minimum absolute atomic E-state index is 0.0860. The molecule has 1 heterocycles. The summed E-state index contributed by atoms with van der Waals surface area (Å²) in [4.78, 5) is 27.6. The summed E-state index contributed by atoms with van der Waals surface area (Å²) in [5.41, 5.74) is 2.28. The first-order valence-electron chi connectivity index (χ1n) is 8.23. The number of nitrogens with one attached hydrogen (secondary N) is 1. The van der Waals surface area contributed by atoms with E-state index in [1.165, 1.54) is 29.5 Å². The highest BCUT2D eigenvalue weighted by Gasteiger charge is 2.17. The lowest BCUT2D eigenvalue weighted by Crippen LogP contribution is -2.12. The highest BCUT2D eigenvalue weighted by molar-refractivity contribution is 7.21. The van der Waals surface area contributed by atoms with E-state index in [0.29, 0.717) is 5.69 Å². The summed E-state index contributed by atoms with van der Waals surface area (Å²) in [6, 6.07) is 19.1. The van der Waals surface area contributed by atoms with Gasteiger partial charge in [0.05, 0.1) is 20.8 Å². The van der Waals surface area contributed by atoms with E-state index in [0.717, 1.165) is 20.8 Å². The molecule has 1 amide bonds. The number of anilines is 1. The van der Waals surface area contributed by atoms with E-state index in [9.17, 15) is 14.9 Å². The van der Waals surface area contributed by atoms with E-state index in [1.54, 1.807) is 6.07 Å². The zero-order valence-electron chi connectivity index (χ0n) is 14.3. The molecular formula is C20H12ClN3O3S. The number of nitro groups is 1. The molecule has 0 saturated carbocycles. The molecule has 0 saturated heterocycles. The van der Waals surface area contributed by atoms with Gasteiger partial charge in [-0.3, -0.25) is 14.9 Å². The van der Waals surface area contributed by atoms with Crippen molar-refractivity contribution in [2.24, 2.45) is 0 Å². The number of carbonyl (C=O) groups excluding carboxylic acids is 1. The summed E-state index contributed by atoms with van der Waals surface area (Å²) < 4.78 is 1.06. The smallest absolute Gasteiger partial charge is 0.287 e. The zero-order chi connectivity index (χ0) is 19.7. The SMILES string of the molecule is O=C(Nc1ccccc1-c1nc2ccccc2s1)c1ccc([N+](=O)[O-])c(Cl)c1. The first-order valence-corrected chi connectivity index (χ1v) is 9.42. The Kier molecular flexibility index (Phi) is 4.77. The topological polar surface area (TPSA) is 85.1 Å². The number of benzene rings is 3. The van der Waals surface area contributed by atoms with Crippen LogP contribution in [-0.2, 0) is 0 Å². The third-order valence-electron chi connectivity index (χ3n) is 4.11.